The minimum absolute atomic E-state index is 0.268. The van der Waals surface area contributed by atoms with Gasteiger partial charge in [-0.2, -0.15) is 0 Å². The van der Waals surface area contributed by atoms with E-state index in [-0.39, 0.29) is 11.7 Å². The lowest BCUT2D eigenvalue weighted by atomic mass is 10.1. The maximum Gasteiger partial charge on any atom is 0.327 e. The summed E-state index contributed by atoms with van der Waals surface area (Å²) in [4.78, 5) is 23.8. The molecule has 0 bridgehead atoms. The molecule has 2 aromatic heterocycles. The van der Waals surface area contributed by atoms with Gasteiger partial charge >= 0.3 is 6.03 Å². The van der Waals surface area contributed by atoms with Crippen LogP contribution in [0.3, 0.4) is 0 Å². The molecule has 5 rings (SSSR count). The van der Waals surface area contributed by atoms with Crippen molar-refractivity contribution in [3.8, 4) is 0 Å². The molecule has 3 heterocycles. The minimum atomic E-state index is -1.84. The minimum Gasteiger partial charge on any atom is -0.748 e. The SMILES string of the molecule is C=C1NC(=O)N(Cc2ccc(C)cc2)c2nc(CSc3nc4cc(N([O-])I=O)ccc4o3)n(CC)c21. The number of rotatable bonds is 8. The zero-order valence-corrected chi connectivity index (χ0v) is 22.5. The summed E-state index contributed by atoms with van der Waals surface area (Å²) in [6.45, 7) is 9.11. The summed E-state index contributed by atoms with van der Waals surface area (Å²) in [5.41, 5.74) is 4.77. The molecule has 186 valence electrons. The summed E-state index contributed by atoms with van der Waals surface area (Å²) in [5, 5.41) is 15.0. The van der Waals surface area contributed by atoms with Crippen molar-refractivity contribution in [1.82, 2.24) is 19.9 Å². The van der Waals surface area contributed by atoms with E-state index in [1.54, 1.807) is 23.1 Å². The van der Waals surface area contributed by atoms with Crippen LogP contribution >= 0.6 is 33.2 Å². The molecule has 1 N–H and O–H groups in total. The molecule has 1 aliphatic rings. The first-order valence-electron chi connectivity index (χ1n) is 11.1. The number of hydrogen-bond donors (Lipinski definition) is 1. The highest BCUT2D eigenvalue weighted by atomic mass is 127. The van der Waals surface area contributed by atoms with Crippen molar-refractivity contribution in [1.29, 1.82) is 0 Å². The van der Waals surface area contributed by atoms with E-state index >= 15 is 0 Å². The Labute approximate surface area is 221 Å². The van der Waals surface area contributed by atoms with Crippen LogP contribution in [0.25, 0.3) is 16.8 Å². The maximum absolute atomic E-state index is 12.9. The highest BCUT2D eigenvalue weighted by molar-refractivity contribution is 14.1. The number of hydrogen-bond acceptors (Lipinski definition) is 7. The van der Waals surface area contributed by atoms with Crippen LogP contribution < -0.4 is 13.5 Å². The maximum atomic E-state index is 12.9. The summed E-state index contributed by atoms with van der Waals surface area (Å²) >= 11 is -0.483. The van der Waals surface area contributed by atoms with Crippen molar-refractivity contribution in [2.45, 2.75) is 37.9 Å². The Hall–Kier alpha value is -3.23. The predicted molar refractivity (Wildman–Crippen MR) is 147 cm³/mol. The molecule has 2 aromatic carbocycles. The van der Waals surface area contributed by atoms with Gasteiger partial charge < -0.3 is 22.8 Å². The number of carbonyl (C=O) groups is 1. The molecule has 0 spiro atoms. The molecular formula is C24H22IN6O4S-. The number of thioether (sulfide) groups is 1. The molecule has 0 aliphatic carbocycles. The number of halogens is 1. The second kappa shape index (κ2) is 10.0. The first-order valence-corrected chi connectivity index (χ1v) is 13.9. The lowest BCUT2D eigenvalue weighted by molar-refractivity contribution is 0.249. The number of carbonyl (C=O) groups excluding carboxylic acids is 1. The molecule has 2 amide bonds. The lowest BCUT2D eigenvalue weighted by Crippen LogP contribution is -2.43. The summed E-state index contributed by atoms with van der Waals surface area (Å²) in [6.07, 6.45) is 0. The van der Waals surface area contributed by atoms with Gasteiger partial charge in [0.2, 0.25) is 0 Å². The molecule has 0 unspecified atom stereocenters. The first kappa shape index (κ1) is 24.5. The lowest BCUT2D eigenvalue weighted by Gasteiger charge is -2.28. The number of nitrogens with one attached hydrogen (secondary N) is 1. The van der Waals surface area contributed by atoms with E-state index in [4.69, 9.17) is 9.40 Å². The van der Waals surface area contributed by atoms with E-state index in [9.17, 15) is 13.1 Å². The average Bonchev–Trinajstić information content (AvgIpc) is 3.46. The Kier molecular flexibility index (Phi) is 6.81. The van der Waals surface area contributed by atoms with Gasteiger partial charge in [0, 0.05) is 12.2 Å². The summed E-state index contributed by atoms with van der Waals surface area (Å²) in [7, 11) is 0. The van der Waals surface area contributed by atoms with Gasteiger partial charge in [-0.3, -0.25) is 4.90 Å². The summed E-state index contributed by atoms with van der Waals surface area (Å²) in [5.74, 6) is 1.77. The Morgan fingerprint density at radius 2 is 2.00 bits per heavy atom. The third kappa shape index (κ3) is 4.63. The first-order chi connectivity index (χ1) is 17.4. The number of aryl methyl sites for hydroxylation is 1. The zero-order chi connectivity index (χ0) is 25.4. The van der Waals surface area contributed by atoms with E-state index < -0.39 is 21.5 Å². The van der Waals surface area contributed by atoms with Crippen molar-refractivity contribution in [2.75, 3.05) is 8.18 Å². The van der Waals surface area contributed by atoms with Crippen LogP contribution in [0.1, 0.15) is 29.6 Å². The van der Waals surface area contributed by atoms with Crippen molar-refractivity contribution in [2.24, 2.45) is 0 Å². The monoisotopic (exact) mass is 617 g/mol. The Morgan fingerprint density at radius 3 is 2.72 bits per heavy atom. The number of aromatic nitrogens is 3. The quantitative estimate of drug-likeness (QED) is 0.113. The van der Waals surface area contributed by atoms with Gasteiger partial charge in [0.05, 0.1) is 18.0 Å². The van der Waals surface area contributed by atoms with Gasteiger partial charge in [0.15, 0.2) is 11.4 Å². The van der Waals surface area contributed by atoms with Crippen molar-refractivity contribution in [3.63, 3.8) is 0 Å². The molecule has 10 nitrogen and oxygen atoms in total. The van der Waals surface area contributed by atoms with Crippen LogP contribution in [0.2, 0.25) is 0 Å². The highest BCUT2D eigenvalue weighted by Gasteiger charge is 2.32. The van der Waals surface area contributed by atoms with E-state index in [0.717, 1.165) is 22.6 Å². The van der Waals surface area contributed by atoms with Crippen molar-refractivity contribution < 1.29 is 12.3 Å². The number of nitrogens with zero attached hydrogens (tertiary/aromatic N) is 5. The van der Waals surface area contributed by atoms with E-state index in [2.05, 4.69) is 16.9 Å². The molecule has 0 fully saturated rings. The van der Waals surface area contributed by atoms with Crippen LogP contribution in [-0.2, 0) is 21.9 Å². The predicted octanol–water partition coefficient (Wildman–Crippen LogP) is 5.88. The van der Waals surface area contributed by atoms with Gasteiger partial charge in [0.25, 0.3) is 26.7 Å². The molecule has 36 heavy (non-hydrogen) atoms. The topological polar surface area (TPSA) is 120 Å². The van der Waals surface area contributed by atoms with Gasteiger partial charge in [0.1, 0.15) is 17.0 Å². The largest absolute Gasteiger partial charge is 0.748 e. The Bertz CT molecular complexity index is 1480. The Balaban J connectivity index is 1.42. The molecule has 0 saturated heterocycles. The van der Waals surface area contributed by atoms with Crippen LogP contribution in [0, 0.1) is 12.1 Å². The normalized spacial score (nSPS) is 13.2. The van der Waals surface area contributed by atoms with Gasteiger partial charge in [-0.05, 0) is 37.6 Å². The third-order valence-corrected chi connectivity index (χ3v) is 7.53. The van der Waals surface area contributed by atoms with Crippen LogP contribution in [-0.4, -0.2) is 20.6 Å². The number of imidazole rings is 1. The van der Waals surface area contributed by atoms with E-state index in [0.29, 0.717) is 50.0 Å². The smallest absolute Gasteiger partial charge is 0.327 e. The standard InChI is InChI=1S/C24H22IN6O4S/c1-4-29-20(13-36-24-27-18-11-17(31(34)25-33)9-10-19(18)35-24)28-22-21(29)15(3)26-23(32)30(22)12-16-7-5-14(2)6-8-16/h5-11H,3-4,12-13H2,1-2H3,(H,26,32)/q-1. The second-order valence-corrected chi connectivity index (χ2v) is 10.4. The van der Waals surface area contributed by atoms with Crippen LogP contribution in [0.5, 0.6) is 0 Å². The Morgan fingerprint density at radius 1 is 1.22 bits per heavy atom. The van der Waals surface area contributed by atoms with Gasteiger partial charge in [-0.1, -0.05) is 48.2 Å². The third-order valence-electron chi connectivity index (χ3n) is 5.79. The number of anilines is 2. The van der Waals surface area contributed by atoms with Crippen LogP contribution in [0.4, 0.5) is 16.3 Å². The van der Waals surface area contributed by atoms with Crippen molar-refractivity contribution in [3.05, 3.63) is 76.9 Å². The molecular weight excluding hydrogens is 595 g/mol. The van der Waals surface area contributed by atoms with Gasteiger partial charge in [-0.15, -0.1) is 0 Å². The molecule has 12 heteroatoms. The number of fused-ring (bicyclic) bond motifs is 2. The second-order valence-electron chi connectivity index (χ2n) is 8.16. The number of oxazole rings is 1. The van der Waals surface area contributed by atoms with Crippen LogP contribution in [0.15, 0.2) is 58.7 Å². The molecule has 4 aromatic rings. The summed E-state index contributed by atoms with van der Waals surface area (Å²) < 4.78 is 19.3. The fourth-order valence-corrected chi connectivity index (χ4v) is 5.34. The van der Waals surface area contributed by atoms with Crippen molar-refractivity contribution >= 4 is 67.6 Å². The fourth-order valence-electron chi connectivity index (χ4n) is 4.03. The zero-order valence-electron chi connectivity index (χ0n) is 19.5. The molecule has 0 radical (unpaired) electrons. The number of benzene rings is 2. The molecule has 0 atom stereocenters. The fraction of sp³-hybridized carbons (Fsp3) is 0.208. The number of amides is 2. The van der Waals surface area contributed by atoms with Gasteiger partial charge in [-0.25, -0.2) is 17.8 Å². The highest BCUT2D eigenvalue weighted by Crippen LogP contribution is 2.35. The molecule has 1 aliphatic heterocycles. The molecule has 0 saturated carbocycles. The van der Waals surface area contributed by atoms with E-state index in [1.165, 1.54) is 11.8 Å². The summed E-state index contributed by atoms with van der Waals surface area (Å²) in [6, 6.07) is 12.5. The number of urea groups is 1. The van der Waals surface area contributed by atoms with E-state index in [1.807, 2.05) is 42.7 Å². The average molecular weight is 617 g/mol.